The summed E-state index contributed by atoms with van der Waals surface area (Å²) < 4.78 is 0. The molecule has 1 heterocycles. The molecular formula is C14H18N2S. The quantitative estimate of drug-likeness (QED) is 0.813. The van der Waals surface area contributed by atoms with E-state index in [4.69, 9.17) is 5.73 Å². The maximum absolute atomic E-state index is 5.80. The third-order valence-electron chi connectivity index (χ3n) is 2.94. The molecule has 1 aromatic heterocycles. The molecule has 0 spiro atoms. The Morgan fingerprint density at radius 1 is 1.12 bits per heavy atom. The van der Waals surface area contributed by atoms with Crippen LogP contribution >= 0.6 is 11.3 Å². The fourth-order valence-corrected chi connectivity index (χ4v) is 2.61. The van der Waals surface area contributed by atoms with E-state index < -0.39 is 0 Å². The zero-order valence-corrected chi connectivity index (χ0v) is 11.1. The van der Waals surface area contributed by atoms with Crippen LogP contribution < -0.4 is 11.1 Å². The minimum Gasteiger partial charge on any atom is -0.399 e. The van der Waals surface area contributed by atoms with Gasteiger partial charge in [0, 0.05) is 18.8 Å². The van der Waals surface area contributed by atoms with Crippen molar-refractivity contribution < 1.29 is 0 Å². The van der Waals surface area contributed by atoms with Crippen LogP contribution in [0.25, 0.3) is 0 Å². The second-order valence-corrected chi connectivity index (χ2v) is 5.12. The maximum atomic E-state index is 5.80. The molecule has 0 saturated heterocycles. The van der Waals surface area contributed by atoms with Gasteiger partial charge in [0.2, 0.25) is 0 Å². The summed E-state index contributed by atoms with van der Waals surface area (Å²) in [4.78, 5) is 0. The Morgan fingerprint density at radius 2 is 1.94 bits per heavy atom. The van der Waals surface area contributed by atoms with Crippen LogP contribution in [0.4, 0.5) is 5.69 Å². The molecular weight excluding hydrogens is 228 g/mol. The molecule has 0 aliphatic carbocycles. The molecule has 0 aliphatic rings. The Labute approximate surface area is 106 Å². The highest BCUT2D eigenvalue weighted by atomic mass is 32.1. The van der Waals surface area contributed by atoms with Gasteiger partial charge in [-0.3, -0.25) is 0 Å². The molecule has 2 aromatic rings. The zero-order valence-electron chi connectivity index (χ0n) is 10.3. The van der Waals surface area contributed by atoms with Crippen LogP contribution in [0.2, 0.25) is 0 Å². The average molecular weight is 246 g/mol. The number of thiophene rings is 1. The van der Waals surface area contributed by atoms with Gasteiger partial charge >= 0.3 is 0 Å². The van der Waals surface area contributed by atoms with E-state index in [1.165, 1.54) is 16.7 Å². The highest BCUT2D eigenvalue weighted by Gasteiger charge is 2.00. The van der Waals surface area contributed by atoms with Crippen molar-refractivity contribution in [3.05, 3.63) is 51.2 Å². The van der Waals surface area contributed by atoms with E-state index in [0.29, 0.717) is 0 Å². The fraction of sp³-hybridized carbons (Fsp3) is 0.286. The third-order valence-corrected chi connectivity index (χ3v) is 3.85. The lowest BCUT2D eigenvalue weighted by atomic mass is 10.1. The Hall–Kier alpha value is -1.32. The first kappa shape index (κ1) is 12.1. The van der Waals surface area contributed by atoms with E-state index in [-0.39, 0.29) is 0 Å². The summed E-state index contributed by atoms with van der Waals surface area (Å²) in [5.74, 6) is 0. The molecule has 90 valence electrons. The highest BCUT2D eigenvalue weighted by Crippen LogP contribution is 2.14. The van der Waals surface area contributed by atoms with Gasteiger partial charge in [-0.2, -0.15) is 11.3 Å². The van der Waals surface area contributed by atoms with Crippen LogP contribution in [0, 0.1) is 13.8 Å². The van der Waals surface area contributed by atoms with E-state index in [9.17, 15) is 0 Å². The molecule has 0 atom stereocenters. The molecule has 17 heavy (non-hydrogen) atoms. The Bertz CT molecular complexity index is 503. The number of nitrogens with one attached hydrogen (secondary N) is 1. The van der Waals surface area contributed by atoms with Crippen LogP contribution in [0.5, 0.6) is 0 Å². The smallest absolute Gasteiger partial charge is 0.0343 e. The summed E-state index contributed by atoms with van der Waals surface area (Å²) in [5.41, 5.74) is 11.9. The van der Waals surface area contributed by atoms with Crippen LogP contribution in [0.1, 0.15) is 22.3 Å². The predicted octanol–water partition coefficient (Wildman–Crippen LogP) is 3.24. The number of rotatable bonds is 4. The van der Waals surface area contributed by atoms with Crippen LogP contribution in [-0.2, 0) is 13.1 Å². The van der Waals surface area contributed by atoms with Gasteiger partial charge < -0.3 is 11.1 Å². The molecule has 0 bridgehead atoms. The van der Waals surface area contributed by atoms with Gasteiger partial charge in [0.05, 0.1) is 0 Å². The summed E-state index contributed by atoms with van der Waals surface area (Å²) in [5, 5.41) is 7.85. The van der Waals surface area contributed by atoms with Gasteiger partial charge in [-0.25, -0.2) is 0 Å². The minimum absolute atomic E-state index is 0.863. The van der Waals surface area contributed by atoms with E-state index in [0.717, 1.165) is 24.3 Å². The number of hydrogen-bond acceptors (Lipinski definition) is 3. The third kappa shape index (κ3) is 3.08. The van der Waals surface area contributed by atoms with Gasteiger partial charge in [0.15, 0.2) is 0 Å². The lowest BCUT2D eigenvalue weighted by Gasteiger charge is -2.07. The van der Waals surface area contributed by atoms with Crippen molar-refractivity contribution in [2.75, 3.05) is 5.73 Å². The first-order valence-electron chi connectivity index (χ1n) is 5.74. The first-order chi connectivity index (χ1) is 8.16. The second-order valence-electron chi connectivity index (χ2n) is 4.37. The largest absolute Gasteiger partial charge is 0.399 e. The molecule has 0 radical (unpaired) electrons. The van der Waals surface area contributed by atoms with Gasteiger partial charge in [0.25, 0.3) is 0 Å². The van der Waals surface area contributed by atoms with Crippen LogP contribution in [0.3, 0.4) is 0 Å². The lowest BCUT2D eigenvalue weighted by molar-refractivity contribution is 0.692. The van der Waals surface area contributed by atoms with Crippen LogP contribution in [-0.4, -0.2) is 0 Å². The Morgan fingerprint density at radius 3 is 2.59 bits per heavy atom. The molecule has 0 unspecified atom stereocenters. The van der Waals surface area contributed by atoms with Crippen LogP contribution in [0.15, 0.2) is 29.0 Å². The Balaban J connectivity index is 1.90. The SMILES string of the molecule is Cc1cc(CNCc2cscc2C)ccc1N. The summed E-state index contributed by atoms with van der Waals surface area (Å²) >= 11 is 1.76. The van der Waals surface area contributed by atoms with Crippen molar-refractivity contribution in [1.82, 2.24) is 5.32 Å². The number of anilines is 1. The van der Waals surface area contributed by atoms with Crippen molar-refractivity contribution >= 4 is 17.0 Å². The monoisotopic (exact) mass is 246 g/mol. The lowest BCUT2D eigenvalue weighted by Crippen LogP contribution is -2.13. The summed E-state index contributed by atoms with van der Waals surface area (Å²) in [6.45, 7) is 6.01. The van der Waals surface area contributed by atoms with Gasteiger partial charge in [-0.15, -0.1) is 0 Å². The molecule has 3 N–H and O–H groups in total. The minimum atomic E-state index is 0.863. The normalized spacial score (nSPS) is 10.7. The number of hydrogen-bond donors (Lipinski definition) is 2. The molecule has 0 amide bonds. The van der Waals surface area contributed by atoms with Gasteiger partial charge in [-0.05, 0) is 52.9 Å². The summed E-state index contributed by atoms with van der Waals surface area (Å²) in [6, 6.07) is 6.20. The molecule has 0 fully saturated rings. The number of nitrogen functional groups attached to an aromatic ring is 1. The van der Waals surface area contributed by atoms with Crippen molar-refractivity contribution in [3.8, 4) is 0 Å². The van der Waals surface area contributed by atoms with Crippen molar-refractivity contribution in [2.45, 2.75) is 26.9 Å². The van der Waals surface area contributed by atoms with Crippen molar-refractivity contribution in [3.63, 3.8) is 0 Å². The summed E-state index contributed by atoms with van der Waals surface area (Å²) in [7, 11) is 0. The second kappa shape index (κ2) is 5.34. The van der Waals surface area contributed by atoms with E-state index in [1.54, 1.807) is 11.3 Å². The predicted molar refractivity (Wildman–Crippen MR) is 75.2 cm³/mol. The Kier molecular flexibility index (Phi) is 3.82. The number of benzene rings is 1. The van der Waals surface area contributed by atoms with E-state index >= 15 is 0 Å². The molecule has 2 nitrogen and oxygen atoms in total. The first-order valence-corrected chi connectivity index (χ1v) is 6.68. The average Bonchev–Trinajstić information content (AvgIpc) is 2.70. The molecule has 2 rings (SSSR count). The summed E-state index contributed by atoms with van der Waals surface area (Å²) in [6.07, 6.45) is 0. The van der Waals surface area contributed by atoms with Crippen molar-refractivity contribution in [2.24, 2.45) is 0 Å². The highest BCUT2D eigenvalue weighted by molar-refractivity contribution is 7.08. The molecule has 0 aliphatic heterocycles. The number of nitrogens with two attached hydrogens (primary N) is 1. The fourth-order valence-electron chi connectivity index (χ4n) is 1.76. The topological polar surface area (TPSA) is 38.0 Å². The van der Waals surface area contributed by atoms with E-state index in [1.807, 2.05) is 13.0 Å². The molecule has 3 heteroatoms. The van der Waals surface area contributed by atoms with Crippen molar-refractivity contribution in [1.29, 1.82) is 0 Å². The maximum Gasteiger partial charge on any atom is 0.0343 e. The molecule has 1 aromatic carbocycles. The van der Waals surface area contributed by atoms with Gasteiger partial charge in [0.1, 0.15) is 0 Å². The standard InChI is InChI=1S/C14H18N2S/c1-10-5-12(3-4-14(10)15)6-16-7-13-9-17-8-11(13)2/h3-5,8-9,16H,6-7,15H2,1-2H3. The van der Waals surface area contributed by atoms with Gasteiger partial charge in [-0.1, -0.05) is 12.1 Å². The molecule has 0 saturated carbocycles. The zero-order chi connectivity index (χ0) is 12.3. The number of aryl methyl sites for hydroxylation is 2. The van der Waals surface area contributed by atoms with E-state index in [2.05, 4.69) is 35.1 Å².